The molecule has 0 radical (unpaired) electrons. The summed E-state index contributed by atoms with van der Waals surface area (Å²) in [5.74, 6) is 0.871. The highest BCUT2D eigenvalue weighted by molar-refractivity contribution is 4.79. The highest BCUT2D eigenvalue weighted by atomic mass is 16.5. The van der Waals surface area contributed by atoms with Gasteiger partial charge in [0, 0.05) is 12.6 Å². The standard InChI is InChI=1S/C14H28N2O/c1-12(13-6-9-16(2)10-7-13)15-8-5-14-4-3-11-17-14/h12-15H,3-11H2,1-2H3. The van der Waals surface area contributed by atoms with Crippen molar-refractivity contribution in [3.05, 3.63) is 0 Å². The van der Waals surface area contributed by atoms with Crippen molar-refractivity contribution in [3.8, 4) is 0 Å². The van der Waals surface area contributed by atoms with Crippen molar-refractivity contribution in [1.29, 1.82) is 0 Å². The molecule has 17 heavy (non-hydrogen) atoms. The topological polar surface area (TPSA) is 24.5 Å². The third-order valence-corrected chi connectivity index (χ3v) is 4.43. The van der Waals surface area contributed by atoms with Crippen molar-refractivity contribution in [2.75, 3.05) is 33.3 Å². The van der Waals surface area contributed by atoms with Crippen LogP contribution in [0.2, 0.25) is 0 Å². The molecule has 2 aliphatic heterocycles. The lowest BCUT2D eigenvalue weighted by atomic mass is 9.90. The zero-order chi connectivity index (χ0) is 12.1. The van der Waals surface area contributed by atoms with E-state index in [9.17, 15) is 0 Å². The highest BCUT2D eigenvalue weighted by Gasteiger charge is 2.22. The lowest BCUT2D eigenvalue weighted by Gasteiger charge is -2.33. The van der Waals surface area contributed by atoms with Gasteiger partial charge in [-0.2, -0.15) is 0 Å². The van der Waals surface area contributed by atoms with Gasteiger partial charge in [0.2, 0.25) is 0 Å². The van der Waals surface area contributed by atoms with Crippen molar-refractivity contribution in [3.63, 3.8) is 0 Å². The van der Waals surface area contributed by atoms with Gasteiger partial charge in [0.05, 0.1) is 6.10 Å². The molecular formula is C14H28N2O. The molecule has 0 spiro atoms. The number of likely N-dealkylation sites (tertiary alicyclic amines) is 1. The molecule has 2 heterocycles. The van der Waals surface area contributed by atoms with Gasteiger partial charge in [-0.25, -0.2) is 0 Å². The Balaban J connectivity index is 1.58. The molecule has 0 bridgehead atoms. The van der Waals surface area contributed by atoms with Crippen LogP contribution in [0.15, 0.2) is 0 Å². The summed E-state index contributed by atoms with van der Waals surface area (Å²) in [6.45, 7) is 6.99. The molecule has 0 aliphatic carbocycles. The Morgan fingerprint density at radius 3 is 2.71 bits per heavy atom. The Labute approximate surface area is 106 Å². The maximum atomic E-state index is 5.65. The number of rotatable bonds is 5. The molecule has 1 N–H and O–H groups in total. The Morgan fingerprint density at radius 2 is 2.06 bits per heavy atom. The molecule has 2 rings (SSSR count). The minimum Gasteiger partial charge on any atom is -0.378 e. The fraction of sp³-hybridized carbons (Fsp3) is 1.00. The first kappa shape index (κ1) is 13.3. The average molecular weight is 240 g/mol. The first-order valence-corrected chi connectivity index (χ1v) is 7.29. The van der Waals surface area contributed by atoms with Gasteiger partial charge >= 0.3 is 0 Å². The molecule has 0 saturated carbocycles. The van der Waals surface area contributed by atoms with E-state index < -0.39 is 0 Å². The van der Waals surface area contributed by atoms with Gasteiger partial charge in [-0.1, -0.05) is 0 Å². The van der Waals surface area contributed by atoms with Crippen LogP contribution < -0.4 is 5.32 Å². The van der Waals surface area contributed by atoms with Gasteiger partial charge < -0.3 is 15.0 Å². The van der Waals surface area contributed by atoms with Crippen LogP contribution in [0.4, 0.5) is 0 Å². The molecule has 2 fully saturated rings. The molecule has 0 aromatic carbocycles. The number of nitrogens with one attached hydrogen (secondary N) is 1. The highest BCUT2D eigenvalue weighted by Crippen LogP contribution is 2.20. The molecule has 2 saturated heterocycles. The Hall–Kier alpha value is -0.120. The first-order valence-electron chi connectivity index (χ1n) is 7.29. The summed E-state index contributed by atoms with van der Waals surface area (Å²) in [7, 11) is 2.23. The molecule has 3 heteroatoms. The summed E-state index contributed by atoms with van der Waals surface area (Å²) in [5, 5.41) is 3.70. The Kier molecular flexibility index (Phi) is 5.26. The SMILES string of the molecule is CC(NCCC1CCCO1)C1CCN(C)CC1. The largest absolute Gasteiger partial charge is 0.378 e. The van der Waals surface area contributed by atoms with E-state index in [1.165, 1.54) is 45.2 Å². The van der Waals surface area contributed by atoms with Crippen molar-refractivity contribution >= 4 is 0 Å². The van der Waals surface area contributed by atoms with Crippen molar-refractivity contribution in [2.45, 2.75) is 51.2 Å². The van der Waals surface area contributed by atoms with Gasteiger partial charge in [0.15, 0.2) is 0 Å². The number of ether oxygens (including phenoxy) is 1. The molecule has 2 unspecified atom stereocenters. The van der Waals surface area contributed by atoms with Gasteiger partial charge in [0.25, 0.3) is 0 Å². The number of piperidine rings is 1. The van der Waals surface area contributed by atoms with E-state index in [1.54, 1.807) is 0 Å². The molecule has 0 amide bonds. The molecule has 3 nitrogen and oxygen atoms in total. The summed E-state index contributed by atoms with van der Waals surface area (Å²) in [5.41, 5.74) is 0. The number of nitrogens with zero attached hydrogens (tertiary/aromatic N) is 1. The van der Waals surface area contributed by atoms with Crippen LogP contribution in [0.25, 0.3) is 0 Å². The molecule has 2 aliphatic rings. The summed E-state index contributed by atoms with van der Waals surface area (Å²) >= 11 is 0. The molecular weight excluding hydrogens is 212 g/mol. The molecule has 2 atom stereocenters. The summed E-state index contributed by atoms with van der Waals surface area (Å²) in [6, 6.07) is 0.671. The van der Waals surface area contributed by atoms with Crippen LogP contribution in [-0.2, 0) is 4.74 Å². The average Bonchev–Trinajstić information content (AvgIpc) is 2.83. The van der Waals surface area contributed by atoms with E-state index in [0.717, 1.165) is 19.1 Å². The fourth-order valence-electron chi connectivity index (χ4n) is 3.04. The van der Waals surface area contributed by atoms with E-state index >= 15 is 0 Å². The normalized spacial score (nSPS) is 29.6. The van der Waals surface area contributed by atoms with E-state index in [1.807, 2.05) is 0 Å². The first-order chi connectivity index (χ1) is 8.25. The number of hydrogen-bond acceptors (Lipinski definition) is 3. The van der Waals surface area contributed by atoms with E-state index in [2.05, 4.69) is 24.2 Å². The minimum atomic E-state index is 0.534. The Bertz CT molecular complexity index is 208. The van der Waals surface area contributed by atoms with Crippen molar-refractivity contribution in [2.24, 2.45) is 5.92 Å². The number of hydrogen-bond donors (Lipinski definition) is 1. The van der Waals surface area contributed by atoms with Crippen molar-refractivity contribution in [1.82, 2.24) is 10.2 Å². The second kappa shape index (κ2) is 6.72. The smallest absolute Gasteiger partial charge is 0.0588 e. The van der Waals surface area contributed by atoms with Gasteiger partial charge in [0.1, 0.15) is 0 Å². The lowest BCUT2D eigenvalue weighted by Crippen LogP contribution is -2.41. The van der Waals surface area contributed by atoms with Gasteiger partial charge in [-0.05, 0) is 71.6 Å². The molecule has 0 aromatic heterocycles. The monoisotopic (exact) mass is 240 g/mol. The van der Waals surface area contributed by atoms with E-state index in [4.69, 9.17) is 4.74 Å². The summed E-state index contributed by atoms with van der Waals surface area (Å²) in [4.78, 5) is 2.44. The van der Waals surface area contributed by atoms with Crippen LogP contribution in [0, 0.1) is 5.92 Å². The molecule has 0 aromatic rings. The van der Waals surface area contributed by atoms with Crippen molar-refractivity contribution < 1.29 is 4.74 Å². The minimum absolute atomic E-state index is 0.534. The Morgan fingerprint density at radius 1 is 1.29 bits per heavy atom. The maximum absolute atomic E-state index is 5.65. The van der Waals surface area contributed by atoms with Crippen LogP contribution in [0.1, 0.15) is 39.0 Å². The fourth-order valence-corrected chi connectivity index (χ4v) is 3.04. The maximum Gasteiger partial charge on any atom is 0.0588 e. The molecule has 100 valence electrons. The van der Waals surface area contributed by atoms with Crippen LogP contribution in [-0.4, -0.2) is 50.3 Å². The zero-order valence-corrected chi connectivity index (χ0v) is 11.5. The van der Waals surface area contributed by atoms with Gasteiger partial charge in [-0.15, -0.1) is 0 Å². The second-order valence-electron chi connectivity index (χ2n) is 5.81. The lowest BCUT2D eigenvalue weighted by molar-refractivity contribution is 0.102. The van der Waals surface area contributed by atoms with E-state index in [-0.39, 0.29) is 0 Å². The predicted octanol–water partition coefficient (Wildman–Crippen LogP) is 1.88. The van der Waals surface area contributed by atoms with E-state index in [0.29, 0.717) is 12.1 Å². The zero-order valence-electron chi connectivity index (χ0n) is 11.5. The summed E-state index contributed by atoms with van der Waals surface area (Å²) < 4.78 is 5.65. The third kappa shape index (κ3) is 4.23. The summed E-state index contributed by atoms with van der Waals surface area (Å²) in [6.07, 6.45) is 6.96. The quantitative estimate of drug-likeness (QED) is 0.794. The second-order valence-corrected chi connectivity index (χ2v) is 5.81. The third-order valence-electron chi connectivity index (χ3n) is 4.43. The van der Waals surface area contributed by atoms with Gasteiger partial charge in [-0.3, -0.25) is 0 Å². The predicted molar refractivity (Wildman–Crippen MR) is 71.3 cm³/mol. The van der Waals surface area contributed by atoms with Crippen LogP contribution >= 0.6 is 0 Å². The van der Waals surface area contributed by atoms with Crippen LogP contribution in [0.3, 0.4) is 0 Å². The van der Waals surface area contributed by atoms with Crippen LogP contribution in [0.5, 0.6) is 0 Å².